The molecule has 1 aromatic heterocycles. The van der Waals surface area contributed by atoms with Crippen LogP contribution in [0.25, 0.3) is 11.4 Å². The van der Waals surface area contributed by atoms with E-state index in [4.69, 9.17) is 4.74 Å². The summed E-state index contributed by atoms with van der Waals surface area (Å²) in [5, 5.41) is 13.9. The molecule has 0 radical (unpaired) electrons. The highest BCUT2D eigenvalue weighted by atomic mass is 32.2. The van der Waals surface area contributed by atoms with Crippen molar-refractivity contribution in [1.82, 2.24) is 20.2 Å². The first-order valence-corrected chi connectivity index (χ1v) is 12.4. The number of aromatic nitrogens is 3. The highest BCUT2D eigenvalue weighted by Crippen LogP contribution is 2.39. The van der Waals surface area contributed by atoms with E-state index in [2.05, 4.69) is 56.5 Å². The van der Waals surface area contributed by atoms with Gasteiger partial charge in [0.1, 0.15) is 6.10 Å². The molecule has 0 aliphatic heterocycles. The van der Waals surface area contributed by atoms with Crippen molar-refractivity contribution in [1.29, 1.82) is 0 Å². The van der Waals surface area contributed by atoms with Crippen molar-refractivity contribution >= 4 is 23.9 Å². The summed E-state index contributed by atoms with van der Waals surface area (Å²) < 4.78 is 6.85. The number of nitrogens with one attached hydrogen (secondary N) is 1. The molecule has 1 unspecified atom stereocenters. The summed E-state index contributed by atoms with van der Waals surface area (Å²) in [6, 6.07) is 8.72. The van der Waals surface area contributed by atoms with E-state index in [0.29, 0.717) is 6.04 Å². The standard InChI is InChI=1S/C25H35N5O2S/c1-6-16-32-19(3)17-26-28-23(31)25(4,5)33-24-29-27-22(20-14-12-18(2)13-15-20)30(24)21-10-8-7-9-11-21/h6,12-17,19,21H,7-11H2,1-5H3,(H,28,31)/b16-6-,26-17+. The van der Waals surface area contributed by atoms with Crippen LogP contribution in [0.3, 0.4) is 0 Å². The lowest BCUT2D eigenvalue weighted by Crippen LogP contribution is -2.37. The molecule has 1 N–H and O–H groups in total. The quantitative estimate of drug-likeness (QED) is 0.221. The number of carbonyl (C=O) groups is 1. The average Bonchev–Trinajstić information content (AvgIpc) is 3.21. The molecule has 1 atom stereocenters. The largest absolute Gasteiger partial charge is 0.493 e. The molecule has 3 rings (SSSR count). The number of thioether (sulfide) groups is 1. The lowest BCUT2D eigenvalue weighted by Gasteiger charge is -2.28. The molecule has 1 aliphatic rings. The van der Waals surface area contributed by atoms with Crippen LogP contribution in [0.1, 0.15) is 71.4 Å². The molecule has 178 valence electrons. The van der Waals surface area contributed by atoms with Gasteiger partial charge in [-0.1, -0.05) is 66.9 Å². The minimum atomic E-state index is -0.783. The van der Waals surface area contributed by atoms with Crippen molar-refractivity contribution in [2.24, 2.45) is 5.10 Å². The van der Waals surface area contributed by atoms with Gasteiger partial charge in [0.05, 0.1) is 17.2 Å². The zero-order valence-corrected chi connectivity index (χ0v) is 21.1. The molecule has 1 amide bonds. The van der Waals surface area contributed by atoms with Crippen molar-refractivity contribution in [3.63, 3.8) is 0 Å². The van der Waals surface area contributed by atoms with E-state index in [-0.39, 0.29) is 12.0 Å². The molecular weight excluding hydrogens is 434 g/mol. The second-order valence-electron chi connectivity index (χ2n) is 8.98. The minimum absolute atomic E-state index is 0.197. The summed E-state index contributed by atoms with van der Waals surface area (Å²) in [6.07, 6.45) is 10.6. The van der Waals surface area contributed by atoms with Gasteiger partial charge in [-0.25, -0.2) is 5.43 Å². The van der Waals surface area contributed by atoms with Gasteiger partial charge in [-0.05, 0) is 47.5 Å². The van der Waals surface area contributed by atoms with Gasteiger partial charge in [-0.2, -0.15) is 5.10 Å². The number of carbonyl (C=O) groups excluding carboxylic acids is 1. The Labute approximate surface area is 201 Å². The summed E-state index contributed by atoms with van der Waals surface area (Å²) in [5.41, 5.74) is 4.90. The SMILES string of the molecule is C/C=C\OC(C)/C=N/NC(=O)C(C)(C)Sc1nnc(-c2ccc(C)cc2)n1C1CCCCC1. The molecule has 1 heterocycles. The maximum Gasteiger partial charge on any atom is 0.256 e. The molecule has 1 saturated carbocycles. The van der Waals surface area contributed by atoms with E-state index in [1.165, 1.54) is 36.6 Å². The van der Waals surface area contributed by atoms with Gasteiger partial charge in [0.25, 0.3) is 5.91 Å². The topological polar surface area (TPSA) is 81.4 Å². The maximum atomic E-state index is 12.9. The van der Waals surface area contributed by atoms with E-state index in [0.717, 1.165) is 29.4 Å². The lowest BCUT2D eigenvalue weighted by molar-refractivity contribution is -0.122. The Morgan fingerprint density at radius 3 is 2.61 bits per heavy atom. The van der Waals surface area contributed by atoms with Gasteiger partial charge >= 0.3 is 0 Å². The number of amides is 1. The predicted molar refractivity (Wildman–Crippen MR) is 134 cm³/mol. The van der Waals surface area contributed by atoms with Crippen molar-refractivity contribution in [2.75, 3.05) is 0 Å². The normalized spacial score (nSPS) is 16.4. The van der Waals surface area contributed by atoms with Crippen LogP contribution in [0, 0.1) is 6.92 Å². The van der Waals surface area contributed by atoms with Crippen LogP contribution in [0.2, 0.25) is 0 Å². The van der Waals surface area contributed by atoms with Gasteiger partial charge in [-0.15, -0.1) is 10.2 Å². The van der Waals surface area contributed by atoms with Gasteiger partial charge in [0.2, 0.25) is 0 Å². The molecule has 2 aromatic rings. The number of hydrazone groups is 1. The van der Waals surface area contributed by atoms with Crippen LogP contribution in [0.4, 0.5) is 0 Å². The molecule has 1 aromatic carbocycles. The van der Waals surface area contributed by atoms with E-state index in [1.807, 2.05) is 27.7 Å². The third kappa shape index (κ3) is 6.69. The van der Waals surface area contributed by atoms with E-state index < -0.39 is 4.75 Å². The fourth-order valence-electron chi connectivity index (χ4n) is 3.76. The number of aryl methyl sites for hydroxylation is 1. The number of ether oxygens (including phenoxy) is 1. The third-order valence-corrected chi connectivity index (χ3v) is 6.84. The van der Waals surface area contributed by atoms with E-state index in [9.17, 15) is 4.79 Å². The number of rotatable bonds is 9. The summed E-state index contributed by atoms with van der Waals surface area (Å²) in [4.78, 5) is 12.9. The molecule has 1 aliphatic carbocycles. The predicted octanol–water partition coefficient (Wildman–Crippen LogP) is 5.67. The Morgan fingerprint density at radius 2 is 1.94 bits per heavy atom. The van der Waals surface area contributed by atoms with Crippen molar-refractivity contribution < 1.29 is 9.53 Å². The average molecular weight is 470 g/mol. The first kappa shape index (κ1) is 25.0. The molecule has 0 spiro atoms. The Balaban J connectivity index is 1.80. The van der Waals surface area contributed by atoms with Crippen LogP contribution in [0.15, 0.2) is 46.9 Å². The monoisotopic (exact) mass is 469 g/mol. The molecule has 8 heteroatoms. The first-order valence-electron chi connectivity index (χ1n) is 11.6. The number of allylic oxidation sites excluding steroid dienone is 1. The summed E-state index contributed by atoms with van der Waals surface area (Å²) in [6.45, 7) is 9.58. The molecule has 33 heavy (non-hydrogen) atoms. The van der Waals surface area contributed by atoms with Crippen LogP contribution in [-0.4, -0.2) is 37.7 Å². The molecule has 0 bridgehead atoms. The zero-order chi connectivity index (χ0) is 23.8. The Kier molecular flexibility index (Phi) is 8.72. The maximum absolute atomic E-state index is 12.9. The summed E-state index contributed by atoms with van der Waals surface area (Å²) >= 11 is 1.43. The second kappa shape index (κ2) is 11.5. The smallest absolute Gasteiger partial charge is 0.256 e. The van der Waals surface area contributed by atoms with Crippen LogP contribution in [-0.2, 0) is 9.53 Å². The second-order valence-corrected chi connectivity index (χ2v) is 10.6. The molecule has 1 fully saturated rings. The van der Waals surface area contributed by atoms with Crippen molar-refractivity contribution in [2.45, 2.75) is 88.8 Å². The number of nitrogens with zero attached hydrogens (tertiary/aromatic N) is 4. The van der Waals surface area contributed by atoms with Gasteiger partial charge < -0.3 is 4.74 Å². The number of hydrogen-bond acceptors (Lipinski definition) is 6. The van der Waals surface area contributed by atoms with Crippen LogP contribution in [0.5, 0.6) is 0 Å². The van der Waals surface area contributed by atoms with Crippen LogP contribution < -0.4 is 5.43 Å². The minimum Gasteiger partial charge on any atom is -0.493 e. The lowest BCUT2D eigenvalue weighted by atomic mass is 9.95. The van der Waals surface area contributed by atoms with Gasteiger partial charge in [0, 0.05) is 11.6 Å². The zero-order valence-electron chi connectivity index (χ0n) is 20.2. The number of hydrogen-bond donors (Lipinski definition) is 1. The Morgan fingerprint density at radius 1 is 1.24 bits per heavy atom. The van der Waals surface area contributed by atoms with Gasteiger partial charge in [-0.3, -0.25) is 9.36 Å². The third-order valence-electron chi connectivity index (χ3n) is 5.69. The van der Waals surface area contributed by atoms with Crippen LogP contribution >= 0.6 is 11.8 Å². The fraction of sp³-hybridized carbons (Fsp3) is 0.520. The Hall–Kier alpha value is -2.61. The molecule has 7 nitrogen and oxygen atoms in total. The highest BCUT2D eigenvalue weighted by Gasteiger charge is 2.33. The van der Waals surface area contributed by atoms with Crippen molar-refractivity contribution in [3.05, 3.63) is 42.2 Å². The fourth-order valence-corrected chi connectivity index (χ4v) is 4.77. The Bertz CT molecular complexity index is 975. The first-order chi connectivity index (χ1) is 15.8. The molecule has 0 saturated heterocycles. The van der Waals surface area contributed by atoms with Crippen molar-refractivity contribution in [3.8, 4) is 11.4 Å². The van der Waals surface area contributed by atoms with E-state index in [1.54, 1.807) is 18.6 Å². The summed E-state index contributed by atoms with van der Waals surface area (Å²) in [5.74, 6) is 0.672. The van der Waals surface area contributed by atoms with E-state index >= 15 is 0 Å². The van der Waals surface area contributed by atoms with Gasteiger partial charge in [0.15, 0.2) is 11.0 Å². The highest BCUT2D eigenvalue weighted by molar-refractivity contribution is 8.01. The summed E-state index contributed by atoms with van der Waals surface area (Å²) in [7, 11) is 0. The number of benzene rings is 1. The molecular formula is C25H35N5O2S.